The predicted molar refractivity (Wildman–Crippen MR) is 97.3 cm³/mol. The van der Waals surface area contributed by atoms with Gasteiger partial charge in [-0.3, -0.25) is 19.6 Å². The summed E-state index contributed by atoms with van der Waals surface area (Å²) in [5.41, 5.74) is 3.47. The van der Waals surface area contributed by atoms with E-state index in [1.807, 2.05) is 6.92 Å². The van der Waals surface area contributed by atoms with Gasteiger partial charge in [0.25, 0.3) is 11.6 Å². The van der Waals surface area contributed by atoms with E-state index in [9.17, 15) is 14.9 Å². The average Bonchev–Trinajstić information content (AvgIpc) is 3.24. The third kappa shape index (κ3) is 2.84. The molecule has 9 nitrogen and oxygen atoms in total. The van der Waals surface area contributed by atoms with Gasteiger partial charge >= 0.3 is 0 Å². The number of aryl methyl sites for hydroxylation is 2. The Morgan fingerprint density at radius 1 is 1.15 bits per heavy atom. The summed E-state index contributed by atoms with van der Waals surface area (Å²) in [5, 5.41) is 19.4. The van der Waals surface area contributed by atoms with Crippen LogP contribution in [0.2, 0.25) is 0 Å². The molecule has 0 radical (unpaired) electrons. The first-order valence-electron chi connectivity index (χ1n) is 8.08. The second-order valence-electron chi connectivity index (χ2n) is 6.09. The number of nitro groups is 1. The van der Waals surface area contributed by atoms with Crippen molar-refractivity contribution in [3.8, 4) is 11.3 Å². The molecule has 0 amide bonds. The van der Waals surface area contributed by atoms with Crippen molar-refractivity contribution in [3.63, 3.8) is 0 Å². The van der Waals surface area contributed by atoms with Crippen molar-refractivity contribution >= 4 is 22.6 Å². The van der Waals surface area contributed by atoms with Crippen LogP contribution in [-0.4, -0.2) is 35.4 Å². The molecular formula is C18H14N6O3. The summed E-state index contributed by atoms with van der Waals surface area (Å²) in [5.74, 6) is -0.393. The molecule has 0 aliphatic rings. The molecule has 0 atom stereocenters. The number of non-ortho nitro benzene ring substituents is 1. The number of hydrogen-bond acceptors (Lipinski definition) is 6. The molecule has 0 spiro atoms. The number of aromatic nitrogens is 5. The monoisotopic (exact) mass is 362 g/mol. The molecule has 27 heavy (non-hydrogen) atoms. The molecule has 134 valence electrons. The van der Waals surface area contributed by atoms with Crippen molar-refractivity contribution < 1.29 is 9.72 Å². The fourth-order valence-corrected chi connectivity index (χ4v) is 2.84. The van der Waals surface area contributed by atoms with Crippen LogP contribution in [0.3, 0.4) is 0 Å². The molecule has 0 aliphatic heterocycles. The van der Waals surface area contributed by atoms with Gasteiger partial charge in [-0.2, -0.15) is 14.9 Å². The molecule has 0 saturated heterocycles. The third-order valence-electron chi connectivity index (χ3n) is 4.16. The Hall–Kier alpha value is -3.88. The second kappa shape index (κ2) is 6.13. The first kappa shape index (κ1) is 16.6. The van der Waals surface area contributed by atoms with Crippen molar-refractivity contribution in [2.75, 3.05) is 0 Å². The fourth-order valence-electron chi connectivity index (χ4n) is 2.84. The molecule has 0 N–H and O–H groups in total. The van der Waals surface area contributed by atoms with Crippen molar-refractivity contribution in [1.29, 1.82) is 0 Å². The van der Waals surface area contributed by atoms with Crippen LogP contribution in [0.4, 0.5) is 5.69 Å². The van der Waals surface area contributed by atoms with Gasteiger partial charge in [0.05, 0.1) is 16.6 Å². The van der Waals surface area contributed by atoms with E-state index in [2.05, 4.69) is 15.2 Å². The third-order valence-corrected chi connectivity index (χ3v) is 4.16. The van der Waals surface area contributed by atoms with Crippen LogP contribution in [0.25, 0.3) is 22.3 Å². The summed E-state index contributed by atoms with van der Waals surface area (Å²) in [4.78, 5) is 27.8. The maximum absolute atomic E-state index is 13.0. The summed E-state index contributed by atoms with van der Waals surface area (Å²) < 4.78 is 2.92. The molecule has 1 aromatic carbocycles. The zero-order valence-electron chi connectivity index (χ0n) is 14.5. The number of hydrogen-bond donors (Lipinski definition) is 0. The number of pyridine rings is 1. The quantitative estimate of drug-likeness (QED) is 0.409. The van der Waals surface area contributed by atoms with Gasteiger partial charge in [0.1, 0.15) is 11.2 Å². The van der Waals surface area contributed by atoms with Gasteiger partial charge in [-0.15, -0.1) is 0 Å². The normalized spacial score (nSPS) is 11.0. The average molecular weight is 362 g/mol. The topological polar surface area (TPSA) is 109 Å². The minimum absolute atomic E-state index is 0.0785. The van der Waals surface area contributed by atoms with E-state index in [4.69, 9.17) is 0 Å². The van der Waals surface area contributed by atoms with Gasteiger partial charge in [-0.25, -0.2) is 4.98 Å². The Morgan fingerprint density at radius 2 is 1.89 bits per heavy atom. The van der Waals surface area contributed by atoms with E-state index in [0.29, 0.717) is 22.3 Å². The Kier molecular flexibility index (Phi) is 3.76. The highest BCUT2D eigenvalue weighted by molar-refractivity contribution is 6.03. The lowest BCUT2D eigenvalue weighted by Gasteiger charge is -2.02. The lowest BCUT2D eigenvalue weighted by molar-refractivity contribution is -0.384. The standard InChI is InChI=1S/C18H14N6O3/c1-11-3-8-15-17(20-11)16(13-9-19-22(2)10-13)21-23(15)18(25)12-4-6-14(7-5-12)24(26)27/h3-10H,1-2H3. The summed E-state index contributed by atoms with van der Waals surface area (Å²) in [6.45, 7) is 1.86. The Bertz CT molecular complexity index is 1190. The van der Waals surface area contributed by atoms with Crippen LogP contribution in [0.1, 0.15) is 16.1 Å². The highest BCUT2D eigenvalue weighted by Crippen LogP contribution is 2.27. The van der Waals surface area contributed by atoms with Crippen molar-refractivity contribution in [1.82, 2.24) is 24.5 Å². The number of benzene rings is 1. The van der Waals surface area contributed by atoms with Crippen LogP contribution >= 0.6 is 0 Å². The molecule has 3 aromatic heterocycles. The number of rotatable bonds is 3. The summed E-state index contributed by atoms with van der Waals surface area (Å²) >= 11 is 0. The molecule has 4 rings (SSSR count). The van der Waals surface area contributed by atoms with Gasteiger partial charge in [0.2, 0.25) is 0 Å². The molecule has 9 heteroatoms. The maximum Gasteiger partial charge on any atom is 0.278 e. The Labute approximate surface area is 153 Å². The van der Waals surface area contributed by atoms with E-state index < -0.39 is 10.8 Å². The zero-order chi connectivity index (χ0) is 19.1. The lowest BCUT2D eigenvalue weighted by Crippen LogP contribution is -2.13. The SMILES string of the molecule is Cc1ccc2c(n1)c(-c1cnn(C)c1)nn2C(=O)c1ccc([N+](=O)[O-])cc1. The first-order valence-corrected chi connectivity index (χ1v) is 8.08. The number of fused-ring (bicyclic) bond motifs is 1. The van der Waals surface area contributed by atoms with E-state index in [1.165, 1.54) is 28.9 Å². The van der Waals surface area contributed by atoms with E-state index in [0.717, 1.165) is 11.3 Å². The lowest BCUT2D eigenvalue weighted by atomic mass is 10.2. The van der Waals surface area contributed by atoms with Gasteiger partial charge in [-0.1, -0.05) is 0 Å². The van der Waals surface area contributed by atoms with E-state index in [-0.39, 0.29) is 5.69 Å². The molecule has 0 unspecified atom stereocenters. The van der Waals surface area contributed by atoms with Crippen LogP contribution in [0.15, 0.2) is 48.8 Å². The van der Waals surface area contributed by atoms with Crippen LogP contribution in [0.5, 0.6) is 0 Å². The number of carbonyl (C=O) groups excluding carboxylic acids is 1. The fraction of sp³-hybridized carbons (Fsp3) is 0.111. The van der Waals surface area contributed by atoms with Gasteiger partial charge in [0, 0.05) is 42.2 Å². The molecule has 3 heterocycles. The predicted octanol–water partition coefficient (Wildman–Crippen LogP) is 2.74. The maximum atomic E-state index is 13.0. The molecule has 0 saturated carbocycles. The van der Waals surface area contributed by atoms with Crippen molar-refractivity contribution in [2.45, 2.75) is 6.92 Å². The Morgan fingerprint density at radius 3 is 2.52 bits per heavy atom. The molecule has 0 bridgehead atoms. The van der Waals surface area contributed by atoms with Gasteiger partial charge in [0.15, 0.2) is 0 Å². The Balaban J connectivity index is 1.86. The summed E-state index contributed by atoms with van der Waals surface area (Å²) in [7, 11) is 1.80. The first-order chi connectivity index (χ1) is 12.9. The number of carbonyl (C=O) groups is 1. The van der Waals surface area contributed by atoms with Crippen LogP contribution in [-0.2, 0) is 7.05 Å². The largest absolute Gasteiger partial charge is 0.278 e. The number of nitro benzene ring substituents is 1. The van der Waals surface area contributed by atoms with Crippen LogP contribution < -0.4 is 0 Å². The highest BCUT2D eigenvalue weighted by atomic mass is 16.6. The molecule has 0 aliphatic carbocycles. The molecule has 4 aromatic rings. The van der Waals surface area contributed by atoms with E-state index >= 15 is 0 Å². The van der Waals surface area contributed by atoms with Gasteiger partial charge < -0.3 is 0 Å². The minimum Gasteiger partial charge on any atom is -0.275 e. The second-order valence-corrected chi connectivity index (χ2v) is 6.09. The van der Waals surface area contributed by atoms with Crippen molar-refractivity contribution in [3.05, 3.63) is 70.2 Å². The molecular weight excluding hydrogens is 348 g/mol. The van der Waals surface area contributed by atoms with E-state index in [1.54, 1.807) is 36.3 Å². The zero-order valence-corrected chi connectivity index (χ0v) is 14.5. The highest BCUT2D eigenvalue weighted by Gasteiger charge is 2.20. The van der Waals surface area contributed by atoms with Gasteiger partial charge in [-0.05, 0) is 31.2 Å². The molecule has 0 fully saturated rings. The van der Waals surface area contributed by atoms with Crippen LogP contribution in [0, 0.1) is 17.0 Å². The minimum atomic E-state index is -0.509. The number of nitrogens with zero attached hydrogens (tertiary/aromatic N) is 6. The van der Waals surface area contributed by atoms with Crippen molar-refractivity contribution in [2.24, 2.45) is 7.05 Å². The summed E-state index contributed by atoms with van der Waals surface area (Å²) in [6.07, 6.45) is 3.46. The summed E-state index contributed by atoms with van der Waals surface area (Å²) in [6, 6.07) is 9.01. The smallest absolute Gasteiger partial charge is 0.275 e.